The van der Waals surface area contributed by atoms with Crippen molar-refractivity contribution in [2.45, 2.75) is 18.6 Å². The van der Waals surface area contributed by atoms with Gasteiger partial charge in [-0.2, -0.15) is 13.2 Å². The number of fused-ring (bicyclic) bond motifs is 1. The minimum Gasteiger partial charge on any atom is -0.491 e. The molecule has 0 unspecified atom stereocenters. The summed E-state index contributed by atoms with van der Waals surface area (Å²) in [6.07, 6.45) is -3.75. The van der Waals surface area contributed by atoms with Gasteiger partial charge in [0.15, 0.2) is 0 Å². The van der Waals surface area contributed by atoms with Gasteiger partial charge in [0, 0.05) is 15.2 Å². The first kappa shape index (κ1) is 16.5. The first-order valence-corrected chi connectivity index (χ1v) is 8.04. The molecule has 1 aliphatic rings. The Balaban J connectivity index is 1.80. The monoisotopic (exact) mass is 405 g/mol. The van der Waals surface area contributed by atoms with Crippen molar-refractivity contribution >= 4 is 33.2 Å². The van der Waals surface area contributed by atoms with Gasteiger partial charge in [-0.05, 0) is 64.3 Å². The lowest BCUT2D eigenvalue weighted by Crippen LogP contribution is -2.33. The summed E-state index contributed by atoms with van der Waals surface area (Å²) in [6.45, 7) is 0.372. The van der Waals surface area contributed by atoms with Crippen LogP contribution in [0.1, 0.15) is 11.1 Å². The SMILES string of the molecule is FC(F)(F)c1ccc(Br)c(N[C@@H]2COc3ccc(Cl)cc3C2)c1. The number of nitrogens with one attached hydrogen (secondary N) is 1. The molecule has 0 fully saturated rings. The van der Waals surface area contributed by atoms with E-state index < -0.39 is 11.7 Å². The van der Waals surface area contributed by atoms with Crippen molar-refractivity contribution in [1.82, 2.24) is 0 Å². The van der Waals surface area contributed by atoms with Gasteiger partial charge in [0.2, 0.25) is 0 Å². The van der Waals surface area contributed by atoms with Gasteiger partial charge in [-0.1, -0.05) is 11.6 Å². The summed E-state index contributed by atoms with van der Waals surface area (Å²) in [5.74, 6) is 0.760. The zero-order valence-electron chi connectivity index (χ0n) is 11.8. The van der Waals surface area contributed by atoms with E-state index in [9.17, 15) is 13.2 Å². The van der Waals surface area contributed by atoms with E-state index in [1.54, 1.807) is 12.1 Å². The van der Waals surface area contributed by atoms with Crippen LogP contribution in [0.25, 0.3) is 0 Å². The number of ether oxygens (including phenoxy) is 1. The molecule has 1 atom stereocenters. The second kappa shape index (κ2) is 6.24. The summed E-state index contributed by atoms with van der Waals surface area (Å²) < 4.78 is 44.7. The van der Waals surface area contributed by atoms with Crippen LogP contribution in [0.3, 0.4) is 0 Å². The molecular weight excluding hydrogens is 395 g/mol. The number of halogens is 5. The van der Waals surface area contributed by atoms with Crippen LogP contribution in [0, 0.1) is 0 Å². The van der Waals surface area contributed by atoms with Gasteiger partial charge in [0.05, 0.1) is 11.6 Å². The van der Waals surface area contributed by atoms with Gasteiger partial charge in [-0.25, -0.2) is 0 Å². The second-order valence-electron chi connectivity index (χ2n) is 5.30. The van der Waals surface area contributed by atoms with Crippen LogP contribution in [0.2, 0.25) is 5.02 Å². The molecule has 0 spiro atoms. The Morgan fingerprint density at radius 2 is 1.96 bits per heavy atom. The van der Waals surface area contributed by atoms with E-state index >= 15 is 0 Å². The summed E-state index contributed by atoms with van der Waals surface area (Å²) in [5.41, 5.74) is 0.631. The molecule has 1 heterocycles. The fourth-order valence-corrected chi connectivity index (χ4v) is 3.04. The fourth-order valence-electron chi connectivity index (χ4n) is 2.49. The third kappa shape index (κ3) is 3.75. The highest BCUT2D eigenvalue weighted by Crippen LogP contribution is 2.35. The maximum atomic E-state index is 12.8. The standard InChI is InChI=1S/C16H12BrClF3NO/c17-13-3-1-10(16(19,20)21)7-14(13)22-12-6-9-5-11(18)2-4-15(9)23-8-12/h1-5,7,12,22H,6,8H2/t12-/m0/s1. The molecule has 2 aromatic rings. The summed E-state index contributed by atoms with van der Waals surface area (Å²) in [4.78, 5) is 0. The van der Waals surface area contributed by atoms with Crippen LogP contribution in [0.15, 0.2) is 40.9 Å². The molecule has 0 radical (unpaired) electrons. The molecule has 0 aromatic heterocycles. The zero-order chi connectivity index (χ0) is 16.6. The van der Waals surface area contributed by atoms with E-state index in [1.807, 2.05) is 6.07 Å². The van der Waals surface area contributed by atoms with Crippen molar-refractivity contribution in [3.63, 3.8) is 0 Å². The lowest BCUT2D eigenvalue weighted by molar-refractivity contribution is -0.137. The molecular formula is C16H12BrClF3NO. The molecule has 1 aliphatic heterocycles. The molecule has 7 heteroatoms. The Morgan fingerprint density at radius 1 is 1.17 bits per heavy atom. The van der Waals surface area contributed by atoms with Gasteiger partial charge in [-0.15, -0.1) is 0 Å². The molecule has 3 rings (SSSR count). The summed E-state index contributed by atoms with van der Waals surface area (Å²) in [5, 5.41) is 3.71. The number of anilines is 1. The molecule has 0 amide bonds. The Hall–Kier alpha value is -1.40. The van der Waals surface area contributed by atoms with Crippen molar-refractivity contribution < 1.29 is 17.9 Å². The van der Waals surface area contributed by atoms with E-state index in [2.05, 4.69) is 21.2 Å². The topological polar surface area (TPSA) is 21.3 Å². The lowest BCUT2D eigenvalue weighted by Gasteiger charge is -2.27. The zero-order valence-corrected chi connectivity index (χ0v) is 14.1. The van der Waals surface area contributed by atoms with Crippen LogP contribution in [-0.2, 0) is 12.6 Å². The van der Waals surface area contributed by atoms with E-state index in [0.717, 1.165) is 23.4 Å². The molecule has 0 aliphatic carbocycles. The first-order valence-electron chi connectivity index (χ1n) is 6.87. The maximum absolute atomic E-state index is 12.8. The van der Waals surface area contributed by atoms with Crippen molar-refractivity contribution in [2.75, 3.05) is 11.9 Å². The molecule has 0 bridgehead atoms. The second-order valence-corrected chi connectivity index (χ2v) is 6.59. The van der Waals surface area contributed by atoms with Gasteiger partial charge in [0.1, 0.15) is 12.4 Å². The molecule has 0 saturated heterocycles. The van der Waals surface area contributed by atoms with Crippen molar-refractivity contribution in [3.8, 4) is 5.75 Å². The largest absolute Gasteiger partial charge is 0.491 e. The summed E-state index contributed by atoms with van der Waals surface area (Å²) in [7, 11) is 0. The Morgan fingerprint density at radius 3 is 2.70 bits per heavy atom. The quantitative estimate of drug-likeness (QED) is 0.707. The minimum atomic E-state index is -4.37. The molecule has 1 N–H and O–H groups in total. The third-order valence-electron chi connectivity index (χ3n) is 3.58. The van der Waals surface area contributed by atoms with E-state index in [4.69, 9.17) is 16.3 Å². The summed E-state index contributed by atoms with van der Waals surface area (Å²) >= 11 is 9.25. The van der Waals surface area contributed by atoms with Crippen LogP contribution < -0.4 is 10.1 Å². The van der Waals surface area contributed by atoms with Gasteiger partial charge < -0.3 is 10.1 Å². The summed E-state index contributed by atoms with van der Waals surface area (Å²) in [6, 6.07) is 8.75. The molecule has 23 heavy (non-hydrogen) atoms. The Bertz CT molecular complexity index is 736. The van der Waals surface area contributed by atoms with E-state index in [0.29, 0.717) is 28.2 Å². The number of hydrogen-bond donors (Lipinski definition) is 1. The Kier molecular flexibility index (Phi) is 4.47. The first-order chi connectivity index (χ1) is 10.8. The maximum Gasteiger partial charge on any atom is 0.416 e. The van der Waals surface area contributed by atoms with Crippen molar-refractivity contribution in [1.29, 1.82) is 0 Å². The van der Waals surface area contributed by atoms with Crippen LogP contribution >= 0.6 is 27.5 Å². The number of alkyl halides is 3. The molecule has 2 nitrogen and oxygen atoms in total. The number of hydrogen-bond acceptors (Lipinski definition) is 2. The van der Waals surface area contributed by atoms with Crippen molar-refractivity contribution in [3.05, 3.63) is 57.0 Å². The van der Waals surface area contributed by atoms with Gasteiger partial charge >= 0.3 is 6.18 Å². The normalized spacial score (nSPS) is 17.3. The number of benzene rings is 2. The predicted molar refractivity (Wildman–Crippen MR) is 87.2 cm³/mol. The fraction of sp³-hybridized carbons (Fsp3) is 0.250. The van der Waals surface area contributed by atoms with Gasteiger partial charge in [-0.3, -0.25) is 0 Å². The third-order valence-corrected chi connectivity index (χ3v) is 4.51. The number of rotatable bonds is 2. The highest BCUT2D eigenvalue weighted by atomic mass is 79.9. The smallest absolute Gasteiger partial charge is 0.416 e. The highest BCUT2D eigenvalue weighted by Gasteiger charge is 2.31. The molecule has 2 aromatic carbocycles. The lowest BCUT2D eigenvalue weighted by atomic mass is 10.0. The van der Waals surface area contributed by atoms with E-state index in [1.165, 1.54) is 6.07 Å². The highest BCUT2D eigenvalue weighted by molar-refractivity contribution is 9.10. The van der Waals surface area contributed by atoms with Crippen LogP contribution in [-0.4, -0.2) is 12.6 Å². The van der Waals surface area contributed by atoms with Crippen LogP contribution in [0.5, 0.6) is 5.75 Å². The predicted octanol–water partition coefficient (Wildman–Crippen LogP) is 5.54. The minimum absolute atomic E-state index is 0.138. The average Bonchev–Trinajstić information content (AvgIpc) is 2.48. The Labute approximate surface area is 144 Å². The van der Waals surface area contributed by atoms with Crippen LogP contribution in [0.4, 0.5) is 18.9 Å². The van der Waals surface area contributed by atoms with E-state index in [-0.39, 0.29) is 6.04 Å². The molecule has 0 saturated carbocycles. The average molecular weight is 407 g/mol. The van der Waals surface area contributed by atoms with Gasteiger partial charge in [0.25, 0.3) is 0 Å². The van der Waals surface area contributed by atoms with Crippen molar-refractivity contribution in [2.24, 2.45) is 0 Å². The molecule has 122 valence electrons.